The first-order chi connectivity index (χ1) is 34.2. The van der Waals surface area contributed by atoms with E-state index in [1.807, 2.05) is 0 Å². The molecule has 14 atom stereocenters. The van der Waals surface area contributed by atoms with Crippen molar-refractivity contribution in [2.75, 3.05) is 59.3 Å². The van der Waals surface area contributed by atoms with Crippen molar-refractivity contribution in [3.8, 4) is 0 Å². The summed E-state index contributed by atoms with van der Waals surface area (Å²) in [6.07, 6.45) is -23.9. The van der Waals surface area contributed by atoms with Crippen LogP contribution < -0.4 is 21.3 Å². The quantitative estimate of drug-likeness (QED) is 0.0244. The van der Waals surface area contributed by atoms with Crippen molar-refractivity contribution in [3.05, 3.63) is 0 Å². The number of aliphatic hydroxyl groups excluding tert-OH is 11. The Morgan fingerprint density at radius 2 is 0.944 bits per heavy atom. The molecule has 30 heteroatoms. The monoisotopic (exact) mass is 1040 g/mol. The molecule has 0 aromatic rings. The summed E-state index contributed by atoms with van der Waals surface area (Å²) in [7, 11) is 0. The van der Waals surface area contributed by atoms with E-state index in [4.69, 9.17) is 33.3 Å². The Labute approximate surface area is 411 Å². The lowest BCUT2D eigenvalue weighted by atomic mass is 9.83. The molecule has 4 saturated heterocycles. The number of carbonyl (C=O) groups is 7. The molecule has 0 saturated carbocycles. The van der Waals surface area contributed by atoms with Gasteiger partial charge in [0.25, 0.3) is 11.8 Å². The van der Waals surface area contributed by atoms with Crippen molar-refractivity contribution < 1.29 is 123 Å². The highest BCUT2D eigenvalue weighted by atomic mass is 16.7. The van der Waals surface area contributed by atoms with Gasteiger partial charge in [0.15, 0.2) is 18.9 Å². The smallest absolute Gasteiger partial charge is 0.333 e. The Hall–Kier alpha value is -4.19. The standard InChI is InChI=1S/C42H69N5O25/c48-18-21-17-22(51)32(59)39(69-21)66-14-11-43-25(52)5-8-42(46-28(55)1-4-31(58)72-47-29(56)2-3-30(47)57,9-6-26(53)44-12-15-67-40-37(64)35(62)33(60)23(19-49)70-40)10-7-27(54)45-13-16-68-41-38(65)36(63)34(61)24(20-50)71-41/h21-24,32-41,48-51,59-65H,1-20H2,(H,43,52)(H,44,53)(H,45,54)(H,46,55)/t21-,22-,23+,24+,32-,33+,34+,35-,36-,37-,38-,39-,40-,41-/m0/s1. The van der Waals surface area contributed by atoms with Gasteiger partial charge in [-0.1, -0.05) is 0 Å². The van der Waals surface area contributed by atoms with Gasteiger partial charge in [0.1, 0.15) is 54.9 Å². The van der Waals surface area contributed by atoms with Gasteiger partial charge in [0.05, 0.1) is 58.3 Å². The number of carbonyl (C=O) groups excluding carboxylic acids is 7. The van der Waals surface area contributed by atoms with E-state index in [1.165, 1.54) is 0 Å². The number of nitrogens with one attached hydrogen (secondary N) is 4. The summed E-state index contributed by atoms with van der Waals surface area (Å²) in [6.45, 7) is -3.29. The molecule has 0 radical (unpaired) electrons. The van der Waals surface area contributed by atoms with Gasteiger partial charge >= 0.3 is 5.97 Å². The van der Waals surface area contributed by atoms with Gasteiger partial charge in [-0.2, -0.15) is 0 Å². The number of ether oxygens (including phenoxy) is 6. The van der Waals surface area contributed by atoms with E-state index in [0.29, 0.717) is 5.06 Å². The third-order valence-corrected chi connectivity index (χ3v) is 12.2. The van der Waals surface area contributed by atoms with Crippen LogP contribution in [0, 0.1) is 0 Å². The molecule has 0 aliphatic carbocycles. The molecule has 30 nitrogen and oxygen atoms in total. The summed E-state index contributed by atoms with van der Waals surface area (Å²) < 4.78 is 32.3. The predicted octanol–water partition coefficient (Wildman–Crippen LogP) is -8.60. The van der Waals surface area contributed by atoms with Crippen LogP contribution in [0.5, 0.6) is 0 Å². The van der Waals surface area contributed by atoms with E-state index in [1.54, 1.807) is 0 Å². The molecule has 6 amide bonds. The number of amides is 6. The summed E-state index contributed by atoms with van der Waals surface area (Å²) >= 11 is 0. The van der Waals surface area contributed by atoms with Gasteiger partial charge in [-0.05, 0) is 19.3 Å². The van der Waals surface area contributed by atoms with E-state index in [2.05, 4.69) is 21.3 Å². The SMILES string of the molecule is O=C(CCC(CCC(=O)NCCO[C@H]1O[C@H](CO)[C@@H](O)[C@H](O)[C@@H]1O)(CCC(=O)NCCO[C@H]1O[C@H](CO)C[C@H](O)[C@@H]1O)NC(=O)CCC(=O)ON1C(=O)CCC1=O)NCCO[C@H]1O[C@H](CO)[C@@H](O)[C@H](O)[C@@H]1O. The summed E-state index contributed by atoms with van der Waals surface area (Å²) in [5.74, 6) is -5.37. The molecule has 0 aromatic carbocycles. The van der Waals surface area contributed by atoms with Crippen LogP contribution in [-0.4, -0.2) is 253 Å². The maximum atomic E-state index is 13.6. The largest absolute Gasteiger partial charge is 0.394 e. The number of hydrogen-bond donors (Lipinski definition) is 15. The fourth-order valence-corrected chi connectivity index (χ4v) is 7.94. The first-order valence-corrected chi connectivity index (χ1v) is 23.5. The fourth-order valence-electron chi connectivity index (χ4n) is 7.94. The van der Waals surface area contributed by atoms with Gasteiger partial charge in [0, 0.05) is 70.1 Å². The molecular weight excluding hydrogens is 974 g/mol. The second kappa shape index (κ2) is 29.6. The zero-order valence-electron chi connectivity index (χ0n) is 39.3. The zero-order valence-corrected chi connectivity index (χ0v) is 39.3. The lowest BCUT2D eigenvalue weighted by molar-refractivity contribution is -0.300. The molecule has 4 aliphatic rings. The van der Waals surface area contributed by atoms with E-state index in [0.717, 1.165) is 0 Å². The second-order valence-corrected chi connectivity index (χ2v) is 17.5. The van der Waals surface area contributed by atoms with Crippen LogP contribution in [0.3, 0.4) is 0 Å². The minimum Gasteiger partial charge on any atom is -0.394 e. The Morgan fingerprint density at radius 1 is 0.528 bits per heavy atom. The number of aliphatic hydroxyl groups is 11. The highest BCUT2D eigenvalue weighted by Gasteiger charge is 2.45. The van der Waals surface area contributed by atoms with Crippen LogP contribution in [0.2, 0.25) is 0 Å². The molecule has 0 unspecified atom stereocenters. The third-order valence-electron chi connectivity index (χ3n) is 12.2. The summed E-state index contributed by atoms with van der Waals surface area (Å²) in [5, 5.41) is 120. The lowest BCUT2D eigenvalue weighted by Crippen LogP contribution is -2.59. The van der Waals surface area contributed by atoms with Crippen LogP contribution in [0.1, 0.15) is 70.6 Å². The number of imide groups is 1. The maximum absolute atomic E-state index is 13.6. The van der Waals surface area contributed by atoms with Crippen LogP contribution in [0.15, 0.2) is 0 Å². The highest BCUT2D eigenvalue weighted by molar-refractivity contribution is 6.01. The van der Waals surface area contributed by atoms with Gasteiger partial charge in [-0.25, -0.2) is 4.79 Å². The molecule has 72 heavy (non-hydrogen) atoms. The number of nitrogens with zero attached hydrogens (tertiary/aromatic N) is 1. The topological polar surface area (TPSA) is 458 Å². The van der Waals surface area contributed by atoms with Gasteiger partial charge in [-0.15, -0.1) is 5.06 Å². The molecule has 0 bridgehead atoms. The van der Waals surface area contributed by atoms with Crippen LogP contribution in [-0.2, 0) is 66.8 Å². The highest BCUT2D eigenvalue weighted by Crippen LogP contribution is 2.28. The third kappa shape index (κ3) is 18.0. The van der Waals surface area contributed by atoms with Crippen molar-refractivity contribution in [2.24, 2.45) is 0 Å². The van der Waals surface area contributed by atoms with Crippen LogP contribution in [0.25, 0.3) is 0 Å². The minimum atomic E-state index is -1.72. The normalized spacial score (nSPS) is 31.0. The molecular formula is C42H69N5O25. The first-order valence-electron chi connectivity index (χ1n) is 23.5. The fraction of sp³-hybridized carbons (Fsp3) is 0.833. The average Bonchev–Trinajstić information content (AvgIpc) is 3.68. The van der Waals surface area contributed by atoms with Crippen molar-refractivity contribution in [1.82, 2.24) is 26.3 Å². The van der Waals surface area contributed by atoms with Crippen LogP contribution >= 0.6 is 0 Å². The Morgan fingerprint density at radius 3 is 1.35 bits per heavy atom. The zero-order chi connectivity index (χ0) is 53.1. The molecule has 4 fully saturated rings. The Balaban J connectivity index is 1.43. The second-order valence-electron chi connectivity index (χ2n) is 17.5. The molecule has 4 rings (SSSR count). The molecule has 0 aromatic heterocycles. The Kier molecular flexibility index (Phi) is 24.8. The molecule has 4 heterocycles. The number of rotatable bonds is 29. The average molecular weight is 1040 g/mol. The lowest BCUT2D eigenvalue weighted by Gasteiger charge is -2.39. The molecule has 412 valence electrons. The number of hydroxylamine groups is 2. The van der Waals surface area contributed by atoms with Crippen molar-refractivity contribution in [2.45, 2.75) is 162 Å². The van der Waals surface area contributed by atoms with Crippen molar-refractivity contribution in [1.29, 1.82) is 0 Å². The summed E-state index contributed by atoms with van der Waals surface area (Å²) in [6, 6.07) is 0. The molecule has 4 aliphatic heterocycles. The van der Waals surface area contributed by atoms with Gasteiger partial charge < -0.3 is 111 Å². The Bertz CT molecular complexity index is 1700. The molecule has 15 N–H and O–H groups in total. The minimum absolute atomic E-state index is 0.0412. The van der Waals surface area contributed by atoms with Crippen molar-refractivity contribution in [3.63, 3.8) is 0 Å². The predicted molar refractivity (Wildman–Crippen MR) is 232 cm³/mol. The van der Waals surface area contributed by atoms with E-state index >= 15 is 0 Å². The summed E-state index contributed by atoms with van der Waals surface area (Å²) in [4.78, 5) is 94.9. The van der Waals surface area contributed by atoms with E-state index < -0.39 is 166 Å². The van der Waals surface area contributed by atoms with E-state index in [9.17, 15) is 89.7 Å². The van der Waals surface area contributed by atoms with Crippen LogP contribution in [0.4, 0.5) is 0 Å². The first kappa shape index (κ1) is 60.4. The van der Waals surface area contributed by atoms with Crippen molar-refractivity contribution >= 4 is 41.4 Å². The van der Waals surface area contributed by atoms with Gasteiger partial charge in [-0.3, -0.25) is 28.8 Å². The van der Waals surface area contributed by atoms with E-state index in [-0.39, 0.29) is 97.2 Å². The maximum Gasteiger partial charge on any atom is 0.333 e. The molecule has 0 spiro atoms. The van der Waals surface area contributed by atoms with Gasteiger partial charge in [0.2, 0.25) is 23.6 Å². The summed E-state index contributed by atoms with van der Waals surface area (Å²) in [5.41, 5.74) is -1.58. The number of hydrogen-bond acceptors (Lipinski definition) is 25.